The maximum Gasteiger partial charge on any atom is 0.224 e. The number of carbonyl (C=O) groups excluding carboxylic acids is 1. The molecule has 1 saturated heterocycles. The lowest BCUT2D eigenvalue weighted by atomic mass is 9.96. The van der Waals surface area contributed by atoms with Gasteiger partial charge in [-0.05, 0) is 92.6 Å². The minimum Gasteiger partial charge on any atom is -0.351 e. The average Bonchev–Trinajstić information content (AvgIpc) is 3.41. The summed E-state index contributed by atoms with van der Waals surface area (Å²) in [6.45, 7) is 8.09. The first-order chi connectivity index (χ1) is 17.9. The van der Waals surface area contributed by atoms with Gasteiger partial charge in [-0.25, -0.2) is 0 Å². The van der Waals surface area contributed by atoms with Gasteiger partial charge in [-0.2, -0.15) is 0 Å². The predicted molar refractivity (Wildman–Crippen MR) is 151 cm³/mol. The average molecular weight is 511 g/mol. The molecule has 4 aromatic rings. The Morgan fingerprint density at radius 2 is 1.89 bits per heavy atom. The van der Waals surface area contributed by atoms with Gasteiger partial charge in [0.15, 0.2) is 5.11 Å². The molecule has 0 aliphatic carbocycles. The fourth-order valence-electron chi connectivity index (χ4n) is 5.10. The van der Waals surface area contributed by atoms with Crippen LogP contribution < -0.4 is 15.5 Å². The van der Waals surface area contributed by atoms with Crippen molar-refractivity contribution in [1.29, 1.82) is 0 Å². The molecule has 2 N–H and O–H groups in total. The Kier molecular flexibility index (Phi) is 6.76. The summed E-state index contributed by atoms with van der Waals surface area (Å²) in [7, 11) is 0. The molecule has 3 aromatic heterocycles. The standard InChI is InChI=1S/C29H30N6OS/c1-5-26(36)32-24-12-11-21(15-18(24)2)35-28(27(33-29(35)37)25-10-6-7-14-31-25)23-16-19(3)34(20(23)4)22-9-8-13-30-17-22/h6-17,27-28H,5H2,1-4H3,(H,32,36)(H,33,37)/t27-,28+/m1/s1. The molecule has 5 rings (SSSR count). The molecule has 1 aromatic carbocycles. The summed E-state index contributed by atoms with van der Waals surface area (Å²) in [4.78, 5) is 23.2. The van der Waals surface area contributed by atoms with Gasteiger partial charge in [0.2, 0.25) is 5.91 Å². The second-order valence-corrected chi connectivity index (χ2v) is 9.66. The van der Waals surface area contributed by atoms with E-state index < -0.39 is 0 Å². The van der Waals surface area contributed by atoms with Gasteiger partial charge >= 0.3 is 0 Å². The van der Waals surface area contributed by atoms with E-state index in [-0.39, 0.29) is 18.0 Å². The number of amides is 1. The normalized spacial score (nSPS) is 17.1. The van der Waals surface area contributed by atoms with Crippen molar-refractivity contribution in [2.75, 3.05) is 10.2 Å². The fraction of sp³-hybridized carbons (Fsp3) is 0.241. The maximum atomic E-state index is 12.0. The zero-order chi connectivity index (χ0) is 26.1. The highest BCUT2D eigenvalue weighted by Gasteiger charge is 2.42. The van der Waals surface area contributed by atoms with E-state index in [1.165, 1.54) is 0 Å². The van der Waals surface area contributed by atoms with Crippen LogP contribution in [0.3, 0.4) is 0 Å². The lowest BCUT2D eigenvalue weighted by molar-refractivity contribution is -0.115. The lowest BCUT2D eigenvalue weighted by Crippen LogP contribution is -2.29. The molecule has 1 fully saturated rings. The molecule has 0 bridgehead atoms. The molecule has 1 aliphatic heterocycles. The number of aryl methyl sites for hydroxylation is 2. The number of nitrogens with one attached hydrogen (secondary N) is 2. The van der Waals surface area contributed by atoms with Crippen molar-refractivity contribution in [2.24, 2.45) is 0 Å². The van der Waals surface area contributed by atoms with Crippen molar-refractivity contribution in [1.82, 2.24) is 19.9 Å². The predicted octanol–water partition coefficient (Wildman–Crippen LogP) is 5.72. The van der Waals surface area contributed by atoms with Crippen LogP contribution in [0.25, 0.3) is 5.69 Å². The van der Waals surface area contributed by atoms with Crippen molar-refractivity contribution in [2.45, 2.75) is 46.2 Å². The minimum absolute atomic E-state index is 0.00913. The maximum absolute atomic E-state index is 12.0. The van der Waals surface area contributed by atoms with Gasteiger partial charge in [0.1, 0.15) is 0 Å². The topological polar surface area (TPSA) is 75.1 Å². The molecule has 0 saturated carbocycles. The molecule has 2 atom stereocenters. The Morgan fingerprint density at radius 1 is 1.05 bits per heavy atom. The van der Waals surface area contributed by atoms with E-state index in [2.05, 4.69) is 62.1 Å². The van der Waals surface area contributed by atoms with E-state index in [4.69, 9.17) is 12.2 Å². The monoisotopic (exact) mass is 510 g/mol. The largest absolute Gasteiger partial charge is 0.351 e. The first-order valence-electron chi connectivity index (χ1n) is 12.4. The molecular formula is C29H30N6OS. The number of hydrogen-bond donors (Lipinski definition) is 2. The van der Waals surface area contributed by atoms with Crippen molar-refractivity contribution in [3.8, 4) is 5.69 Å². The lowest BCUT2D eigenvalue weighted by Gasteiger charge is -2.29. The summed E-state index contributed by atoms with van der Waals surface area (Å²) in [5.74, 6) is -0.00913. The van der Waals surface area contributed by atoms with Gasteiger partial charge in [0.25, 0.3) is 0 Å². The molecule has 1 aliphatic rings. The summed E-state index contributed by atoms with van der Waals surface area (Å²) in [5, 5.41) is 7.16. The van der Waals surface area contributed by atoms with Gasteiger partial charge in [-0.1, -0.05) is 13.0 Å². The Labute approximate surface area is 222 Å². The van der Waals surface area contributed by atoms with Crippen LogP contribution in [0.4, 0.5) is 11.4 Å². The fourth-order valence-corrected chi connectivity index (χ4v) is 5.44. The van der Waals surface area contributed by atoms with Crippen LogP contribution >= 0.6 is 12.2 Å². The number of benzene rings is 1. The number of thiocarbonyl (C=S) groups is 1. The first kappa shape index (κ1) is 24.6. The van der Waals surface area contributed by atoms with Gasteiger partial charge < -0.3 is 20.1 Å². The zero-order valence-electron chi connectivity index (χ0n) is 21.4. The highest BCUT2D eigenvalue weighted by Crippen LogP contribution is 2.44. The van der Waals surface area contributed by atoms with Gasteiger partial charge in [-0.15, -0.1) is 0 Å². The van der Waals surface area contributed by atoms with Crippen molar-refractivity contribution >= 4 is 34.6 Å². The van der Waals surface area contributed by atoms with E-state index in [1.54, 1.807) is 6.20 Å². The van der Waals surface area contributed by atoms with Crippen LogP contribution in [-0.4, -0.2) is 25.6 Å². The van der Waals surface area contributed by atoms with E-state index in [1.807, 2.05) is 62.6 Å². The SMILES string of the molecule is CCC(=O)Nc1ccc(N2C(=S)N[C@H](c3ccccn3)[C@@H]2c2cc(C)n(-c3cccnc3)c2C)cc1C. The molecule has 0 radical (unpaired) electrons. The quantitative estimate of drug-likeness (QED) is 0.323. The number of pyridine rings is 2. The van der Waals surface area contributed by atoms with Crippen LogP contribution in [0.2, 0.25) is 0 Å². The number of rotatable bonds is 6. The molecule has 8 heteroatoms. The van der Waals surface area contributed by atoms with Crippen LogP contribution in [0.15, 0.2) is 73.2 Å². The molecule has 188 valence electrons. The van der Waals surface area contributed by atoms with E-state index in [9.17, 15) is 4.79 Å². The molecule has 37 heavy (non-hydrogen) atoms. The molecule has 4 heterocycles. The molecule has 0 spiro atoms. The number of nitrogens with zero attached hydrogens (tertiary/aromatic N) is 4. The number of aromatic nitrogens is 3. The van der Waals surface area contributed by atoms with Gasteiger partial charge in [-0.3, -0.25) is 14.8 Å². The number of carbonyl (C=O) groups is 1. The Morgan fingerprint density at radius 3 is 2.57 bits per heavy atom. The summed E-state index contributed by atoms with van der Waals surface area (Å²) >= 11 is 5.92. The summed E-state index contributed by atoms with van der Waals surface area (Å²) in [6.07, 6.45) is 5.91. The van der Waals surface area contributed by atoms with Crippen LogP contribution in [-0.2, 0) is 4.79 Å². The van der Waals surface area contributed by atoms with Crippen LogP contribution in [0.1, 0.15) is 53.6 Å². The Bertz CT molecular complexity index is 1450. The Hall–Kier alpha value is -4.04. The zero-order valence-corrected chi connectivity index (χ0v) is 22.2. The Balaban J connectivity index is 1.63. The minimum atomic E-state index is -0.142. The first-order valence-corrected chi connectivity index (χ1v) is 12.8. The highest BCUT2D eigenvalue weighted by molar-refractivity contribution is 7.80. The number of hydrogen-bond acceptors (Lipinski definition) is 4. The van der Waals surface area contributed by atoms with Crippen molar-refractivity contribution in [3.63, 3.8) is 0 Å². The summed E-state index contributed by atoms with van der Waals surface area (Å²) in [6, 6.07) is 18.0. The van der Waals surface area contributed by atoms with E-state index >= 15 is 0 Å². The molecule has 0 unspecified atom stereocenters. The van der Waals surface area contributed by atoms with E-state index in [0.29, 0.717) is 11.5 Å². The third kappa shape index (κ3) is 4.60. The summed E-state index contributed by atoms with van der Waals surface area (Å²) < 4.78 is 2.23. The van der Waals surface area contributed by atoms with Crippen LogP contribution in [0, 0.1) is 20.8 Å². The van der Waals surface area contributed by atoms with Gasteiger partial charge in [0.05, 0.1) is 29.7 Å². The molecule has 1 amide bonds. The van der Waals surface area contributed by atoms with Crippen molar-refractivity contribution in [3.05, 3.63) is 101 Å². The molecular weight excluding hydrogens is 480 g/mol. The summed E-state index contributed by atoms with van der Waals surface area (Å²) in [5.41, 5.74) is 8.08. The molecule has 7 nitrogen and oxygen atoms in total. The third-order valence-corrected chi connectivity index (χ3v) is 7.19. The smallest absolute Gasteiger partial charge is 0.224 e. The second kappa shape index (κ2) is 10.1. The van der Waals surface area contributed by atoms with Crippen molar-refractivity contribution < 1.29 is 4.79 Å². The van der Waals surface area contributed by atoms with Gasteiger partial charge in [0, 0.05) is 41.6 Å². The second-order valence-electron chi connectivity index (χ2n) is 9.27. The van der Waals surface area contributed by atoms with Crippen LogP contribution in [0.5, 0.6) is 0 Å². The highest BCUT2D eigenvalue weighted by atomic mass is 32.1. The number of anilines is 2. The third-order valence-electron chi connectivity index (χ3n) is 6.87. The van der Waals surface area contributed by atoms with E-state index in [0.717, 1.165) is 45.3 Å².